The van der Waals surface area contributed by atoms with Gasteiger partial charge in [0.1, 0.15) is 0 Å². The first-order valence-corrected chi connectivity index (χ1v) is 5.37. The Balaban J connectivity index is 2.40. The molecule has 1 N–H and O–H groups in total. The summed E-state index contributed by atoms with van der Waals surface area (Å²) in [6.45, 7) is 9.28. The van der Waals surface area contributed by atoms with Crippen LogP contribution in [0.3, 0.4) is 0 Å². The maximum Gasteiger partial charge on any atom is 0.00927 e. The van der Waals surface area contributed by atoms with Crippen LogP contribution in [0.4, 0.5) is 0 Å². The maximum atomic E-state index is 3.75. The first-order valence-electron chi connectivity index (χ1n) is 5.37. The Morgan fingerprint density at radius 3 is 1.67 bits per heavy atom. The SMILES string of the molecule is CC(C)[C@@H]1CCC[C@@H](C(C)C)N1. The monoisotopic (exact) mass is 169 g/mol. The highest BCUT2D eigenvalue weighted by Crippen LogP contribution is 2.21. The molecule has 1 fully saturated rings. The molecule has 1 aliphatic rings. The number of hydrogen-bond acceptors (Lipinski definition) is 1. The standard InChI is InChI=1S/C11H23N/c1-8(2)10-6-5-7-11(12-10)9(3)4/h8-12H,5-7H2,1-4H3/t10-,11-/m0/s1. The Morgan fingerprint density at radius 2 is 1.33 bits per heavy atom. The molecule has 0 aromatic rings. The van der Waals surface area contributed by atoms with Crippen molar-refractivity contribution in [3.63, 3.8) is 0 Å². The second kappa shape index (κ2) is 4.27. The lowest BCUT2D eigenvalue weighted by Crippen LogP contribution is -2.47. The van der Waals surface area contributed by atoms with Gasteiger partial charge < -0.3 is 5.32 Å². The first kappa shape index (κ1) is 10.0. The lowest BCUT2D eigenvalue weighted by Gasteiger charge is -2.35. The fourth-order valence-electron chi connectivity index (χ4n) is 2.05. The molecule has 0 radical (unpaired) electrons. The molecule has 0 aromatic heterocycles. The van der Waals surface area contributed by atoms with Gasteiger partial charge in [-0.25, -0.2) is 0 Å². The summed E-state index contributed by atoms with van der Waals surface area (Å²) < 4.78 is 0. The van der Waals surface area contributed by atoms with E-state index in [9.17, 15) is 0 Å². The Labute approximate surface area is 76.9 Å². The molecule has 1 aliphatic heterocycles. The van der Waals surface area contributed by atoms with Crippen molar-refractivity contribution in [1.29, 1.82) is 0 Å². The maximum absolute atomic E-state index is 3.75. The minimum Gasteiger partial charge on any atom is -0.311 e. The second-order valence-corrected chi connectivity index (χ2v) is 4.80. The van der Waals surface area contributed by atoms with Crippen LogP contribution in [0.2, 0.25) is 0 Å². The fourth-order valence-corrected chi connectivity index (χ4v) is 2.05. The summed E-state index contributed by atoms with van der Waals surface area (Å²) in [6, 6.07) is 1.54. The third-order valence-electron chi connectivity index (χ3n) is 3.07. The Bertz CT molecular complexity index is 115. The van der Waals surface area contributed by atoms with Gasteiger partial charge in [0.15, 0.2) is 0 Å². The molecule has 0 bridgehead atoms. The van der Waals surface area contributed by atoms with Gasteiger partial charge in [-0.05, 0) is 24.7 Å². The molecule has 72 valence electrons. The molecule has 1 saturated heterocycles. The zero-order valence-corrected chi connectivity index (χ0v) is 8.93. The average Bonchev–Trinajstić information content (AvgIpc) is 2.04. The van der Waals surface area contributed by atoms with E-state index in [1.54, 1.807) is 0 Å². The topological polar surface area (TPSA) is 12.0 Å². The van der Waals surface area contributed by atoms with Gasteiger partial charge in [-0.15, -0.1) is 0 Å². The summed E-state index contributed by atoms with van der Waals surface area (Å²) in [5.74, 6) is 1.60. The van der Waals surface area contributed by atoms with E-state index in [0.29, 0.717) is 0 Å². The van der Waals surface area contributed by atoms with Crippen LogP contribution in [0, 0.1) is 11.8 Å². The van der Waals surface area contributed by atoms with Crippen molar-refractivity contribution in [2.24, 2.45) is 11.8 Å². The van der Waals surface area contributed by atoms with Crippen molar-refractivity contribution in [2.45, 2.75) is 59.0 Å². The predicted octanol–water partition coefficient (Wildman–Crippen LogP) is 2.81. The third-order valence-corrected chi connectivity index (χ3v) is 3.07. The average molecular weight is 169 g/mol. The van der Waals surface area contributed by atoms with Gasteiger partial charge in [0, 0.05) is 12.1 Å². The van der Waals surface area contributed by atoms with Gasteiger partial charge in [0.2, 0.25) is 0 Å². The molecular formula is C11H23N. The molecule has 1 nitrogen and oxygen atoms in total. The third kappa shape index (κ3) is 2.48. The van der Waals surface area contributed by atoms with Crippen LogP contribution in [0.5, 0.6) is 0 Å². The first-order chi connectivity index (χ1) is 5.61. The summed E-state index contributed by atoms with van der Waals surface area (Å²) in [4.78, 5) is 0. The molecule has 0 aromatic carbocycles. The summed E-state index contributed by atoms with van der Waals surface area (Å²) in [7, 11) is 0. The molecule has 1 heteroatoms. The van der Waals surface area contributed by atoms with E-state index >= 15 is 0 Å². The van der Waals surface area contributed by atoms with Gasteiger partial charge >= 0.3 is 0 Å². The molecule has 12 heavy (non-hydrogen) atoms. The highest BCUT2D eigenvalue weighted by atomic mass is 15.0. The lowest BCUT2D eigenvalue weighted by molar-refractivity contribution is 0.231. The smallest absolute Gasteiger partial charge is 0.00927 e. The molecule has 1 rings (SSSR count). The van der Waals surface area contributed by atoms with Crippen molar-refractivity contribution in [3.05, 3.63) is 0 Å². The minimum atomic E-state index is 0.770. The molecule has 0 spiro atoms. The van der Waals surface area contributed by atoms with Crippen molar-refractivity contribution < 1.29 is 0 Å². The Kier molecular flexibility index (Phi) is 3.57. The number of piperidine rings is 1. The van der Waals surface area contributed by atoms with Crippen LogP contribution in [-0.2, 0) is 0 Å². The molecule has 0 aliphatic carbocycles. The van der Waals surface area contributed by atoms with Crippen molar-refractivity contribution in [2.75, 3.05) is 0 Å². The number of nitrogens with one attached hydrogen (secondary N) is 1. The van der Waals surface area contributed by atoms with Crippen molar-refractivity contribution in [3.8, 4) is 0 Å². The van der Waals surface area contributed by atoms with Crippen LogP contribution < -0.4 is 5.32 Å². The Hall–Kier alpha value is -0.0400. The molecule has 1 heterocycles. The molecule has 0 saturated carbocycles. The number of rotatable bonds is 2. The van der Waals surface area contributed by atoms with E-state index in [4.69, 9.17) is 0 Å². The highest BCUT2D eigenvalue weighted by Gasteiger charge is 2.24. The zero-order valence-electron chi connectivity index (χ0n) is 8.93. The van der Waals surface area contributed by atoms with E-state index in [0.717, 1.165) is 23.9 Å². The van der Waals surface area contributed by atoms with Crippen LogP contribution in [-0.4, -0.2) is 12.1 Å². The van der Waals surface area contributed by atoms with Crippen LogP contribution >= 0.6 is 0 Å². The number of hydrogen-bond donors (Lipinski definition) is 1. The second-order valence-electron chi connectivity index (χ2n) is 4.80. The van der Waals surface area contributed by atoms with E-state index in [2.05, 4.69) is 33.0 Å². The fraction of sp³-hybridized carbons (Fsp3) is 1.00. The molecule has 0 amide bonds. The zero-order chi connectivity index (χ0) is 9.14. The predicted molar refractivity (Wildman–Crippen MR) is 54.2 cm³/mol. The minimum absolute atomic E-state index is 0.770. The Morgan fingerprint density at radius 1 is 0.917 bits per heavy atom. The lowest BCUT2D eigenvalue weighted by atomic mass is 9.87. The van der Waals surface area contributed by atoms with Crippen molar-refractivity contribution >= 4 is 0 Å². The largest absolute Gasteiger partial charge is 0.311 e. The quantitative estimate of drug-likeness (QED) is 0.670. The van der Waals surface area contributed by atoms with Crippen LogP contribution in [0.15, 0.2) is 0 Å². The van der Waals surface area contributed by atoms with Crippen LogP contribution in [0.25, 0.3) is 0 Å². The highest BCUT2D eigenvalue weighted by molar-refractivity contribution is 4.83. The van der Waals surface area contributed by atoms with E-state index in [-0.39, 0.29) is 0 Å². The summed E-state index contributed by atoms with van der Waals surface area (Å²) >= 11 is 0. The van der Waals surface area contributed by atoms with Crippen LogP contribution in [0.1, 0.15) is 47.0 Å². The molecule has 0 unspecified atom stereocenters. The van der Waals surface area contributed by atoms with Gasteiger partial charge in [0.05, 0.1) is 0 Å². The van der Waals surface area contributed by atoms with Crippen molar-refractivity contribution in [1.82, 2.24) is 5.32 Å². The van der Waals surface area contributed by atoms with E-state index in [1.807, 2.05) is 0 Å². The van der Waals surface area contributed by atoms with Gasteiger partial charge in [0.25, 0.3) is 0 Å². The molecular weight excluding hydrogens is 146 g/mol. The van der Waals surface area contributed by atoms with Gasteiger partial charge in [-0.3, -0.25) is 0 Å². The van der Waals surface area contributed by atoms with Gasteiger partial charge in [-0.2, -0.15) is 0 Å². The normalized spacial score (nSPS) is 31.5. The van der Waals surface area contributed by atoms with Gasteiger partial charge in [-0.1, -0.05) is 34.1 Å². The summed E-state index contributed by atoms with van der Waals surface area (Å²) in [6.07, 6.45) is 4.17. The molecule has 2 atom stereocenters. The van der Waals surface area contributed by atoms with E-state index < -0.39 is 0 Å². The van der Waals surface area contributed by atoms with E-state index in [1.165, 1.54) is 19.3 Å². The summed E-state index contributed by atoms with van der Waals surface area (Å²) in [5.41, 5.74) is 0. The summed E-state index contributed by atoms with van der Waals surface area (Å²) in [5, 5.41) is 3.75.